The van der Waals surface area contributed by atoms with Crippen molar-refractivity contribution in [3.63, 3.8) is 0 Å². The van der Waals surface area contributed by atoms with Crippen LogP contribution in [0.25, 0.3) is 11.0 Å². The van der Waals surface area contributed by atoms with Gasteiger partial charge in [-0.05, 0) is 50.1 Å². The molecular weight excluding hydrogens is 424 g/mol. The highest BCUT2D eigenvalue weighted by molar-refractivity contribution is 7.99. The number of carbonyl (C=O) groups is 2. The number of H-pyrrole nitrogens is 1. The second-order valence-electron chi connectivity index (χ2n) is 8.33. The van der Waals surface area contributed by atoms with Crippen LogP contribution < -0.4 is 5.32 Å². The summed E-state index contributed by atoms with van der Waals surface area (Å²) >= 11 is 1.69. The minimum Gasteiger partial charge on any atom is -0.465 e. The monoisotopic (exact) mass is 452 g/mol. The number of aromatic amines is 1. The number of hydrogen-bond acceptors (Lipinski definition) is 6. The fourth-order valence-corrected chi connectivity index (χ4v) is 5.20. The number of para-hydroxylation sites is 2. The number of nitrogens with zero attached hydrogens (tertiary/aromatic N) is 2. The minimum absolute atomic E-state index is 0.0545. The van der Waals surface area contributed by atoms with Gasteiger partial charge in [-0.2, -0.15) is 0 Å². The Morgan fingerprint density at radius 3 is 2.66 bits per heavy atom. The van der Waals surface area contributed by atoms with Gasteiger partial charge in [-0.15, -0.1) is 0 Å². The second-order valence-corrected chi connectivity index (χ2v) is 9.62. The molecule has 1 aliphatic rings. The maximum Gasteiger partial charge on any atom is 0.337 e. The molecule has 0 saturated carbocycles. The van der Waals surface area contributed by atoms with Crippen LogP contribution in [0.15, 0.2) is 53.7 Å². The van der Waals surface area contributed by atoms with Crippen molar-refractivity contribution in [2.45, 2.75) is 49.3 Å². The summed E-state index contributed by atoms with van der Waals surface area (Å²) in [6, 6.07) is 15.2. The molecule has 1 aromatic heterocycles. The first-order valence-electron chi connectivity index (χ1n) is 10.8. The fourth-order valence-electron chi connectivity index (χ4n) is 4.02. The van der Waals surface area contributed by atoms with Gasteiger partial charge in [0, 0.05) is 24.4 Å². The molecule has 0 radical (unpaired) electrons. The van der Waals surface area contributed by atoms with Crippen LogP contribution in [0.5, 0.6) is 0 Å². The maximum absolute atomic E-state index is 12.9. The molecule has 1 amide bonds. The molecule has 0 bridgehead atoms. The van der Waals surface area contributed by atoms with Gasteiger partial charge < -0.3 is 15.0 Å². The third kappa shape index (κ3) is 5.14. The number of carbonyl (C=O) groups excluding carboxylic acids is 2. The number of ether oxygens (including phenoxy) is 1. The molecule has 2 aromatic carbocycles. The molecule has 0 spiro atoms. The fraction of sp³-hybridized carbons (Fsp3) is 0.375. The predicted octanol–water partition coefficient (Wildman–Crippen LogP) is 3.61. The first-order valence-corrected chi connectivity index (χ1v) is 11.6. The number of hydrogen-bond donors (Lipinski definition) is 2. The standard InChI is InChI=1S/C24H28N4O3S/c1-15(2)25-22(29)21-12-18(32-24-26-19-6-4-5-7-20(19)27-24)14-28(21)13-16-8-10-17(11-9-16)23(30)31-3/h4-11,15,18,21H,12-14H2,1-3H3,(H,25,29)(H,26,27)/t18-,21+/m1/s1. The van der Waals surface area contributed by atoms with Crippen molar-refractivity contribution in [1.29, 1.82) is 0 Å². The Kier molecular flexibility index (Phi) is 6.81. The van der Waals surface area contributed by atoms with Crippen LogP contribution in [-0.2, 0) is 16.1 Å². The van der Waals surface area contributed by atoms with Crippen molar-refractivity contribution < 1.29 is 14.3 Å². The summed E-state index contributed by atoms with van der Waals surface area (Å²) in [6.45, 7) is 5.36. The van der Waals surface area contributed by atoms with Crippen molar-refractivity contribution in [2.24, 2.45) is 0 Å². The second kappa shape index (κ2) is 9.75. The Hall–Kier alpha value is -2.84. The van der Waals surface area contributed by atoms with Gasteiger partial charge in [-0.1, -0.05) is 36.0 Å². The third-order valence-electron chi connectivity index (χ3n) is 5.51. The van der Waals surface area contributed by atoms with Crippen molar-refractivity contribution in [3.05, 3.63) is 59.7 Å². The number of thioether (sulfide) groups is 1. The highest BCUT2D eigenvalue weighted by atomic mass is 32.2. The van der Waals surface area contributed by atoms with Gasteiger partial charge in [0.15, 0.2) is 5.16 Å². The molecular formula is C24H28N4O3S. The van der Waals surface area contributed by atoms with E-state index in [0.29, 0.717) is 12.1 Å². The smallest absolute Gasteiger partial charge is 0.337 e. The van der Waals surface area contributed by atoms with Crippen molar-refractivity contribution in [2.75, 3.05) is 13.7 Å². The molecule has 1 fully saturated rings. The zero-order valence-electron chi connectivity index (χ0n) is 18.5. The molecule has 168 valence electrons. The average molecular weight is 453 g/mol. The lowest BCUT2D eigenvalue weighted by Crippen LogP contribution is -2.45. The molecule has 1 saturated heterocycles. The van der Waals surface area contributed by atoms with Gasteiger partial charge in [0.1, 0.15) is 0 Å². The third-order valence-corrected chi connectivity index (χ3v) is 6.60. The van der Waals surface area contributed by atoms with Crippen LogP contribution >= 0.6 is 11.8 Å². The summed E-state index contributed by atoms with van der Waals surface area (Å²) < 4.78 is 4.77. The maximum atomic E-state index is 12.9. The summed E-state index contributed by atoms with van der Waals surface area (Å²) in [4.78, 5) is 34.9. The molecule has 0 unspecified atom stereocenters. The van der Waals surface area contributed by atoms with E-state index in [1.807, 2.05) is 50.2 Å². The molecule has 4 rings (SSSR count). The molecule has 7 nitrogen and oxygen atoms in total. The number of methoxy groups -OCH3 is 1. The minimum atomic E-state index is -0.353. The summed E-state index contributed by atoms with van der Waals surface area (Å²) in [7, 11) is 1.37. The Morgan fingerprint density at radius 2 is 1.97 bits per heavy atom. The number of fused-ring (bicyclic) bond motifs is 1. The largest absolute Gasteiger partial charge is 0.465 e. The number of aromatic nitrogens is 2. The molecule has 2 N–H and O–H groups in total. The van der Waals surface area contributed by atoms with Gasteiger partial charge in [0.2, 0.25) is 5.91 Å². The first-order chi connectivity index (χ1) is 15.4. The van der Waals surface area contributed by atoms with E-state index >= 15 is 0 Å². The van der Waals surface area contributed by atoms with Gasteiger partial charge >= 0.3 is 5.97 Å². The lowest BCUT2D eigenvalue weighted by atomic mass is 10.1. The normalized spacial score (nSPS) is 18.9. The van der Waals surface area contributed by atoms with E-state index in [0.717, 1.165) is 34.7 Å². The Labute approximate surface area is 191 Å². The molecule has 8 heteroatoms. The van der Waals surface area contributed by atoms with Crippen LogP contribution in [0.2, 0.25) is 0 Å². The summed E-state index contributed by atoms with van der Waals surface area (Å²) in [5, 5.41) is 4.19. The Balaban J connectivity index is 1.49. The molecule has 0 aliphatic carbocycles. The van der Waals surface area contributed by atoms with Gasteiger partial charge in [0.25, 0.3) is 0 Å². The van der Waals surface area contributed by atoms with Crippen LogP contribution in [0.4, 0.5) is 0 Å². The van der Waals surface area contributed by atoms with E-state index in [1.165, 1.54) is 7.11 Å². The number of imidazole rings is 1. The van der Waals surface area contributed by atoms with Crippen molar-refractivity contribution >= 4 is 34.7 Å². The number of esters is 1. The first kappa shape index (κ1) is 22.4. The van der Waals surface area contributed by atoms with E-state index in [2.05, 4.69) is 20.2 Å². The molecule has 2 atom stereocenters. The summed E-state index contributed by atoms with van der Waals surface area (Å²) in [6.07, 6.45) is 0.751. The average Bonchev–Trinajstić information content (AvgIpc) is 3.36. The Bertz CT molecular complexity index is 1060. The quantitative estimate of drug-likeness (QED) is 0.533. The lowest BCUT2D eigenvalue weighted by Gasteiger charge is -2.24. The van der Waals surface area contributed by atoms with Crippen LogP contribution in [0.1, 0.15) is 36.2 Å². The number of nitrogens with one attached hydrogen (secondary N) is 2. The van der Waals surface area contributed by atoms with Gasteiger partial charge in [-0.25, -0.2) is 9.78 Å². The van der Waals surface area contributed by atoms with Crippen LogP contribution in [0.3, 0.4) is 0 Å². The summed E-state index contributed by atoms with van der Waals surface area (Å²) in [5.74, 6) is -0.298. The van der Waals surface area contributed by atoms with Gasteiger partial charge in [0.05, 0.1) is 29.7 Å². The number of likely N-dealkylation sites (tertiary alicyclic amines) is 1. The number of amides is 1. The van der Waals surface area contributed by atoms with Crippen LogP contribution in [-0.4, -0.2) is 57.7 Å². The Morgan fingerprint density at radius 1 is 1.22 bits per heavy atom. The van der Waals surface area contributed by atoms with Gasteiger partial charge in [-0.3, -0.25) is 9.69 Å². The van der Waals surface area contributed by atoms with E-state index < -0.39 is 0 Å². The van der Waals surface area contributed by atoms with Crippen LogP contribution in [0, 0.1) is 0 Å². The van der Waals surface area contributed by atoms with E-state index in [9.17, 15) is 9.59 Å². The topological polar surface area (TPSA) is 87.3 Å². The zero-order chi connectivity index (χ0) is 22.7. The number of benzene rings is 2. The summed E-state index contributed by atoms with van der Waals surface area (Å²) in [5.41, 5.74) is 3.54. The molecule has 1 aliphatic heterocycles. The van der Waals surface area contributed by atoms with E-state index in [1.54, 1.807) is 23.9 Å². The van der Waals surface area contributed by atoms with Crippen molar-refractivity contribution in [1.82, 2.24) is 20.2 Å². The predicted molar refractivity (Wildman–Crippen MR) is 126 cm³/mol. The van der Waals surface area contributed by atoms with Crippen molar-refractivity contribution in [3.8, 4) is 0 Å². The lowest BCUT2D eigenvalue weighted by molar-refractivity contribution is -0.126. The molecule has 32 heavy (non-hydrogen) atoms. The SMILES string of the molecule is COC(=O)c1ccc(CN2C[C@H](Sc3nc4ccccc4[nH]3)C[C@H]2C(=O)NC(C)C)cc1. The van der Waals surface area contributed by atoms with E-state index in [4.69, 9.17) is 4.74 Å². The highest BCUT2D eigenvalue weighted by Gasteiger charge is 2.37. The van der Waals surface area contributed by atoms with E-state index in [-0.39, 0.29) is 29.2 Å². The molecule has 3 aromatic rings. The zero-order valence-corrected chi connectivity index (χ0v) is 19.3. The highest BCUT2D eigenvalue weighted by Crippen LogP contribution is 2.33. The number of rotatable bonds is 7. The molecule has 2 heterocycles.